The van der Waals surface area contributed by atoms with Crippen LogP contribution in [0.4, 0.5) is 0 Å². The molecule has 1 fully saturated rings. The molecule has 3 aliphatic rings. The molecule has 0 saturated carbocycles. The highest BCUT2D eigenvalue weighted by Crippen LogP contribution is 2.45. The van der Waals surface area contributed by atoms with Gasteiger partial charge in [0, 0.05) is 29.7 Å². The molecule has 0 radical (unpaired) electrons. The predicted octanol–water partition coefficient (Wildman–Crippen LogP) is 5.56. The number of piperidine rings is 1. The van der Waals surface area contributed by atoms with E-state index in [4.69, 9.17) is 11.6 Å². The third-order valence-corrected chi connectivity index (χ3v) is 12.6. The van der Waals surface area contributed by atoms with E-state index in [9.17, 15) is 12.6 Å². The summed E-state index contributed by atoms with van der Waals surface area (Å²) in [6.45, 7) is 5.34. The highest BCUT2D eigenvalue weighted by Gasteiger charge is 2.44. The molecule has 40 heavy (non-hydrogen) atoms. The fraction of sp³-hybridized carbons (Fsp3) is 0.438. The van der Waals surface area contributed by atoms with Crippen LogP contribution >= 0.6 is 11.6 Å². The van der Waals surface area contributed by atoms with E-state index in [1.54, 1.807) is 37.4 Å². The first-order valence-electron chi connectivity index (χ1n) is 13.9. The Bertz CT molecular complexity index is 1480. The number of allylic oxidation sites excluding steroid dienone is 4. The van der Waals surface area contributed by atoms with E-state index in [-0.39, 0.29) is 11.3 Å². The number of halogens is 1. The van der Waals surface area contributed by atoms with Crippen LogP contribution in [-0.4, -0.2) is 60.8 Å². The van der Waals surface area contributed by atoms with Crippen LogP contribution in [0.15, 0.2) is 87.6 Å². The highest BCUT2D eigenvalue weighted by molar-refractivity contribution is 7.89. The molecule has 2 aromatic carbocycles. The topological polar surface area (TPSA) is 57.7 Å². The summed E-state index contributed by atoms with van der Waals surface area (Å²) in [4.78, 5) is 3.82. The highest BCUT2D eigenvalue weighted by atomic mass is 35.5. The molecule has 0 bridgehead atoms. The minimum atomic E-state index is -3.62. The van der Waals surface area contributed by atoms with Gasteiger partial charge in [-0.05, 0) is 88.0 Å². The standard InChI is InChI=1S/C32H37ClN2O3S2/c1-31(17-8-11-27(33)16-18-31)26(24-34(2)40(37,38)28-12-4-3-5-13-28)10-9-21-35-22-19-32(20-23-35)25-39(36)30-15-7-6-14-29(30)32/h3-8,11-15,17,26H,9-10,19-25H2,1-2H3. The molecule has 8 heteroatoms. The lowest BCUT2D eigenvalue weighted by molar-refractivity contribution is 0.160. The zero-order valence-corrected chi connectivity index (χ0v) is 25.6. The molecule has 3 unspecified atom stereocenters. The van der Waals surface area contributed by atoms with Crippen LogP contribution in [0.5, 0.6) is 0 Å². The quantitative estimate of drug-likeness (QED) is 0.356. The second-order valence-corrected chi connectivity index (χ2v) is 15.3. The molecule has 1 spiro atoms. The number of sulfonamides is 1. The first-order chi connectivity index (χ1) is 19.1. The molecule has 1 saturated heterocycles. The minimum Gasteiger partial charge on any atom is -0.303 e. The lowest BCUT2D eigenvalue weighted by atomic mass is 9.74. The summed E-state index contributed by atoms with van der Waals surface area (Å²) in [5, 5.41) is 0.487. The third-order valence-electron chi connectivity index (χ3n) is 8.86. The fourth-order valence-corrected chi connectivity index (χ4v) is 9.52. The average molecular weight is 597 g/mol. The average Bonchev–Trinajstić information content (AvgIpc) is 3.10. The van der Waals surface area contributed by atoms with Crippen LogP contribution in [-0.2, 0) is 26.2 Å². The maximum Gasteiger partial charge on any atom is 0.242 e. The molecule has 0 N–H and O–H groups in total. The van der Waals surface area contributed by atoms with E-state index in [1.807, 2.05) is 24.3 Å². The van der Waals surface area contributed by atoms with Crippen molar-refractivity contribution in [3.8, 4) is 11.8 Å². The van der Waals surface area contributed by atoms with Gasteiger partial charge in [0.15, 0.2) is 0 Å². The van der Waals surface area contributed by atoms with Crippen molar-refractivity contribution in [1.82, 2.24) is 9.21 Å². The maximum absolute atomic E-state index is 13.3. The van der Waals surface area contributed by atoms with Crippen LogP contribution in [0.2, 0.25) is 0 Å². The molecule has 2 aromatic rings. The summed E-state index contributed by atoms with van der Waals surface area (Å²) in [6, 6.07) is 16.8. The van der Waals surface area contributed by atoms with Crippen molar-refractivity contribution in [1.29, 1.82) is 0 Å². The van der Waals surface area contributed by atoms with Crippen molar-refractivity contribution in [2.24, 2.45) is 11.3 Å². The Balaban J connectivity index is 1.25. The summed E-state index contributed by atoms with van der Waals surface area (Å²) < 4.78 is 40.9. The second-order valence-electron chi connectivity index (χ2n) is 11.5. The van der Waals surface area contributed by atoms with Crippen molar-refractivity contribution in [3.05, 3.63) is 83.4 Å². The van der Waals surface area contributed by atoms with Crippen LogP contribution in [0.25, 0.3) is 0 Å². The zero-order chi connectivity index (χ0) is 28.4. The monoisotopic (exact) mass is 596 g/mol. The lowest BCUT2D eigenvalue weighted by Crippen LogP contribution is -2.44. The minimum absolute atomic E-state index is 0.0176. The molecular formula is C32H37ClN2O3S2. The van der Waals surface area contributed by atoms with Gasteiger partial charge < -0.3 is 4.90 Å². The van der Waals surface area contributed by atoms with Gasteiger partial charge in [-0.1, -0.05) is 72.0 Å². The van der Waals surface area contributed by atoms with E-state index in [0.717, 1.165) is 56.0 Å². The van der Waals surface area contributed by atoms with E-state index in [2.05, 4.69) is 41.9 Å². The second kappa shape index (κ2) is 12.0. The van der Waals surface area contributed by atoms with Crippen LogP contribution in [0.1, 0.15) is 38.2 Å². The van der Waals surface area contributed by atoms with Crippen molar-refractivity contribution in [3.63, 3.8) is 0 Å². The number of nitrogens with zero attached hydrogens (tertiary/aromatic N) is 2. The van der Waals surface area contributed by atoms with Crippen molar-refractivity contribution in [2.45, 2.75) is 47.8 Å². The van der Waals surface area contributed by atoms with Crippen LogP contribution in [0.3, 0.4) is 0 Å². The van der Waals surface area contributed by atoms with Gasteiger partial charge in [-0.2, -0.15) is 0 Å². The van der Waals surface area contributed by atoms with Crippen LogP contribution < -0.4 is 0 Å². The summed E-state index contributed by atoms with van der Waals surface area (Å²) >= 11 is 6.21. The summed E-state index contributed by atoms with van der Waals surface area (Å²) in [5.74, 6) is 7.11. The molecule has 212 valence electrons. The summed E-state index contributed by atoms with van der Waals surface area (Å²) in [6.07, 6.45) is 9.58. The van der Waals surface area contributed by atoms with Gasteiger partial charge in [0.1, 0.15) is 0 Å². The van der Waals surface area contributed by atoms with E-state index in [0.29, 0.717) is 16.5 Å². The van der Waals surface area contributed by atoms with Gasteiger partial charge >= 0.3 is 0 Å². The molecule has 0 aromatic heterocycles. The fourth-order valence-electron chi connectivity index (χ4n) is 6.30. The number of hydrogen-bond donors (Lipinski definition) is 0. The van der Waals surface area contributed by atoms with Gasteiger partial charge in [-0.15, -0.1) is 0 Å². The van der Waals surface area contributed by atoms with Gasteiger partial charge in [0.05, 0.1) is 26.1 Å². The molecule has 2 aliphatic heterocycles. The van der Waals surface area contributed by atoms with E-state index < -0.39 is 26.2 Å². The summed E-state index contributed by atoms with van der Waals surface area (Å²) in [7, 11) is -2.86. The number of benzene rings is 2. The molecule has 2 heterocycles. The Kier molecular flexibility index (Phi) is 8.75. The molecule has 3 atom stereocenters. The first-order valence-corrected chi connectivity index (χ1v) is 17.1. The Labute approximate surface area is 246 Å². The Morgan fingerprint density at radius 3 is 2.55 bits per heavy atom. The Hall–Kier alpha value is -2.21. The Morgan fingerprint density at radius 1 is 1.10 bits per heavy atom. The van der Waals surface area contributed by atoms with Gasteiger partial charge in [0.2, 0.25) is 10.0 Å². The smallest absolute Gasteiger partial charge is 0.242 e. The van der Waals surface area contributed by atoms with E-state index >= 15 is 0 Å². The third kappa shape index (κ3) is 6.03. The van der Waals surface area contributed by atoms with Crippen LogP contribution in [0, 0.1) is 23.2 Å². The van der Waals surface area contributed by atoms with Gasteiger partial charge in [-0.3, -0.25) is 4.21 Å². The number of rotatable bonds is 9. The maximum atomic E-state index is 13.3. The van der Waals surface area contributed by atoms with Crippen molar-refractivity contribution in [2.75, 3.05) is 39.0 Å². The number of hydrogen-bond acceptors (Lipinski definition) is 4. The van der Waals surface area contributed by atoms with Gasteiger partial charge in [0.25, 0.3) is 0 Å². The number of likely N-dealkylation sites (tertiary alicyclic amines) is 1. The first kappa shape index (κ1) is 29.3. The SMILES string of the molecule is CN(CC(CCCN1CCC2(CC1)CS(=O)c1ccccc12)C1(C)C#CC(Cl)=CC=C1)S(=O)(=O)c1ccccc1. The molecule has 5 rings (SSSR count). The van der Waals surface area contributed by atoms with Gasteiger partial charge in [-0.25, -0.2) is 12.7 Å². The lowest BCUT2D eigenvalue weighted by Gasteiger charge is -2.40. The molecule has 1 aliphatic carbocycles. The summed E-state index contributed by atoms with van der Waals surface area (Å²) in [5.41, 5.74) is 0.807. The van der Waals surface area contributed by atoms with Crippen molar-refractivity contribution >= 4 is 32.4 Å². The zero-order valence-electron chi connectivity index (χ0n) is 23.2. The molecular weight excluding hydrogens is 560 g/mol. The van der Waals surface area contributed by atoms with Crippen molar-refractivity contribution < 1.29 is 12.6 Å². The normalized spacial score (nSPS) is 24.7. The Morgan fingerprint density at radius 2 is 1.80 bits per heavy atom. The molecule has 5 nitrogen and oxygen atoms in total. The molecule has 0 amide bonds. The largest absolute Gasteiger partial charge is 0.303 e. The predicted molar refractivity (Wildman–Crippen MR) is 163 cm³/mol. The van der Waals surface area contributed by atoms with E-state index in [1.165, 1.54) is 9.87 Å². The number of fused-ring (bicyclic) bond motifs is 2.